The molecule has 0 radical (unpaired) electrons. The normalized spacial score (nSPS) is 11.0. The van der Waals surface area contributed by atoms with Crippen molar-refractivity contribution in [1.29, 1.82) is 0 Å². The predicted octanol–water partition coefficient (Wildman–Crippen LogP) is 0.769. The molecule has 0 aliphatic carbocycles. The third kappa shape index (κ3) is 1.10. The van der Waals surface area contributed by atoms with Gasteiger partial charge in [-0.15, -0.1) is 0 Å². The molecule has 1 N–H and O–H groups in total. The molecule has 0 amide bonds. The van der Waals surface area contributed by atoms with Gasteiger partial charge in [0.1, 0.15) is 11.3 Å². The van der Waals surface area contributed by atoms with Crippen LogP contribution in [0.1, 0.15) is 11.5 Å². The molecule has 0 atom stereocenters. The average Bonchev–Trinajstić information content (AvgIpc) is 2.43. The summed E-state index contributed by atoms with van der Waals surface area (Å²) in [5.41, 5.74) is 2.45. The zero-order chi connectivity index (χ0) is 9.42. The van der Waals surface area contributed by atoms with Gasteiger partial charge >= 0.3 is 0 Å². The Labute approximate surface area is 75.9 Å². The first kappa shape index (κ1) is 8.19. The van der Waals surface area contributed by atoms with Crippen LogP contribution in [0.4, 0.5) is 0 Å². The molecule has 0 unspecified atom stereocenters. The minimum absolute atomic E-state index is 0.0617. The van der Waals surface area contributed by atoms with Gasteiger partial charge in [0.25, 0.3) is 0 Å². The Hall–Kier alpha value is -1.42. The number of rotatable bonds is 1. The molecule has 0 aliphatic rings. The molecule has 0 spiro atoms. The van der Waals surface area contributed by atoms with Crippen LogP contribution in [-0.4, -0.2) is 19.6 Å². The van der Waals surface area contributed by atoms with Crippen LogP contribution in [0, 0.1) is 6.92 Å². The Morgan fingerprint density at radius 2 is 2.31 bits per heavy atom. The van der Waals surface area contributed by atoms with Gasteiger partial charge in [0.2, 0.25) is 0 Å². The molecular weight excluding hydrogens is 166 g/mol. The van der Waals surface area contributed by atoms with Gasteiger partial charge in [-0.05, 0) is 13.0 Å². The summed E-state index contributed by atoms with van der Waals surface area (Å²) in [5, 5.41) is 9.02. The van der Waals surface area contributed by atoms with Gasteiger partial charge < -0.3 is 9.67 Å². The smallest absolute Gasteiger partial charge is 0.113 e. The first-order valence-corrected chi connectivity index (χ1v) is 4.12. The maximum Gasteiger partial charge on any atom is 0.113 e. The minimum atomic E-state index is -0.0617. The highest BCUT2D eigenvalue weighted by atomic mass is 16.3. The van der Waals surface area contributed by atoms with E-state index in [-0.39, 0.29) is 6.61 Å². The quantitative estimate of drug-likeness (QED) is 0.700. The van der Waals surface area contributed by atoms with Crippen LogP contribution in [0.3, 0.4) is 0 Å². The maximum atomic E-state index is 9.02. The van der Waals surface area contributed by atoms with Crippen molar-refractivity contribution in [1.82, 2.24) is 14.5 Å². The highest BCUT2D eigenvalue weighted by Gasteiger charge is 2.07. The molecule has 2 rings (SSSR count). The van der Waals surface area contributed by atoms with Crippen LogP contribution in [0.15, 0.2) is 12.3 Å². The van der Waals surface area contributed by atoms with E-state index in [1.54, 1.807) is 6.20 Å². The molecule has 0 saturated carbocycles. The molecule has 2 heterocycles. The Morgan fingerprint density at radius 3 is 3.00 bits per heavy atom. The highest BCUT2D eigenvalue weighted by molar-refractivity contribution is 5.77. The van der Waals surface area contributed by atoms with E-state index in [0.717, 1.165) is 16.9 Å². The second-order valence-corrected chi connectivity index (χ2v) is 3.00. The topological polar surface area (TPSA) is 50.9 Å². The van der Waals surface area contributed by atoms with Gasteiger partial charge in [0.05, 0.1) is 17.8 Å². The zero-order valence-corrected chi connectivity index (χ0v) is 7.65. The number of pyridine rings is 1. The van der Waals surface area contributed by atoms with Crippen LogP contribution in [0.5, 0.6) is 0 Å². The number of hydrogen-bond acceptors (Lipinski definition) is 3. The van der Waals surface area contributed by atoms with Crippen LogP contribution < -0.4 is 0 Å². The molecule has 4 heteroatoms. The second-order valence-electron chi connectivity index (χ2n) is 3.00. The molecule has 0 bridgehead atoms. The summed E-state index contributed by atoms with van der Waals surface area (Å²) in [6.07, 6.45) is 1.69. The molecule has 2 aromatic heterocycles. The summed E-state index contributed by atoms with van der Waals surface area (Å²) in [5.74, 6) is 0.928. The molecule has 0 saturated heterocycles. The van der Waals surface area contributed by atoms with Gasteiger partial charge in [-0.1, -0.05) is 0 Å². The lowest BCUT2D eigenvalue weighted by Crippen LogP contribution is -1.92. The molecule has 68 valence electrons. The lowest BCUT2D eigenvalue weighted by Gasteiger charge is -1.97. The first-order valence-electron chi connectivity index (χ1n) is 4.12. The van der Waals surface area contributed by atoms with E-state index in [1.165, 1.54) is 0 Å². The fourth-order valence-electron chi connectivity index (χ4n) is 1.41. The standard InChI is InChI=1S/C9H11N3O/c1-6-11-9-7(5-13)10-4-3-8(9)12(6)2/h3-4,13H,5H2,1-2H3. The Balaban J connectivity index is 2.84. The number of aromatic nitrogens is 3. The Kier molecular flexibility index (Phi) is 1.77. The number of aryl methyl sites for hydroxylation is 2. The van der Waals surface area contributed by atoms with Gasteiger partial charge in [0.15, 0.2) is 0 Å². The molecule has 4 nitrogen and oxygen atoms in total. The molecule has 2 aromatic rings. The van der Waals surface area contributed by atoms with E-state index in [2.05, 4.69) is 9.97 Å². The van der Waals surface area contributed by atoms with Crippen LogP contribution in [0.2, 0.25) is 0 Å². The number of imidazole rings is 1. The van der Waals surface area contributed by atoms with Gasteiger partial charge in [-0.3, -0.25) is 4.98 Å². The molecular formula is C9H11N3O. The van der Waals surface area contributed by atoms with Crippen LogP contribution >= 0.6 is 0 Å². The molecule has 13 heavy (non-hydrogen) atoms. The average molecular weight is 177 g/mol. The van der Waals surface area contributed by atoms with Crippen molar-refractivity contribution in [2.24, 2.45) is 7.05 Å². The van der Waals surface area contributed by atoms with E-state index in [1.807, 2.05) is 24.6 Å². The van der Waals surface area contributed by atoms with E-state index in [0.29, 0.717) is 5.69 Å². The Bertz CT molecular complexity index is 447. The monoisotopic (exact) mass is 177 g/mol. The van der Waals surface area contributed by atoms with Crippen molar-refractivity contribution in [3.8, 4) is 0 Å². The Morgan fingerprint density at radius 1 is 1.54 bits per heavy atom. The maximum absolute atomic E-state index is 9.02. The second kappa shape index (κ2) is 2.81. The van der Waals surface area contributed by atoms with Crippen molar-refractivity contribution in [3.05, 3.63) is 23.8 Å². The number of aliphatic hydroxyl groups excluding tert-OH is 1. The summed E-state index contributed by atoms with van der Waals surface area (Å²) in [4.78, 5) is 8.38. The van der Waals surface area contributed by atoms with E-state index >= 15 is 0 Å². The van der Waals surface area contributed by atoms with Gasteiger partial charge in [-0.2, -0.15) is 0 Å². The summed E-state index contributed by atoms with van der Waals surface area (Å²) in [7, 11) is 1.95. The first-order chi connectivity index (χ1) is 6.24. The lowest BCUT2D eigenvalue weighted by atomic mass is 10.3. The highest BCUT2D eigenvalue weighted by Crippen LogP contribution is 2.16. The molecule has 0 fully saturated rings. The van der Waals surface area contributed by atoms with Crippen molar-refractivity contribution in [2.75, 3.05) is 0 Å². The summed E-state index contributed by atoms with van der Waals surface area (Å²) in [6, 6.07) is 1.90. The third-order valence-corrected chi connectivity index (χ3v) is 2.25. The van der Waals surface area contributed by atoms with E-state index in [9.17, 15) is 0 Å². The minimum Gasteiger partial charge on any atom is -0.390 e. The van der Waals surface area contributed by atoms with Crippen molar-refractivity contribution in [2.45, 2.75) is 13.5 Å². The van der Waals surface area contributed by atoms with Crippen molar-refractivity contribution < 1.29 is 5.11 Å². The number of aliphatic hydroxyl groups is 1. The van der Waals surface area contributed by atoms with Gasteiger partial charge in [0, 0.05) is 13.2 Å². The van der Waals surface area contributed by atoms with Gasteiger partial charge in [-0.25, -0.2) is 4.98 Å². The molecule has 0 aliphatic heterocycles. The zero-order valence-electron chi connectivity index (χ0n) is 7.65. The van der Waals surface area contributed by atoms with E-state index in [4.69, 9.17) is 5.11 Å². The number of fused-ring (bicyclic) bond motifs is 1. The summed E-state index contributed by atoms with van der Waals surface area (Å²) in [6.45, 7) is 1.87. The van der Waals surface area contributed by atoms with Crippen molar-refractivity contribution in [3.63, 3.8) is 0 Å². The van der Waals surface area contributed by atoms with Crippen molar-refractivity contribution >= 4 is 11.0 Å². The fraction of sp³-hybridized carbons (Fsp3) is 0.333. The van der Waals surface area contributed by atoms with Crippen LogP contribution in [0.25, 0.3) is 11.0 Å². The summed E-state index contributed by atoms with van der Waals surface area (Å²) < 4.78 is 1.98. The van der Waals surface area contributed by atoms with E-state index < -0.39 is 0 Å². The summed E-state index contributed by atoms with van der Waals surface area (Å²) >= 11 is 0. The number of nitrogens with zero attached hydrogens (tertiary/aromatic N) is 3. The predicted molar refractivity (Wildman–Crippen MR) is 49.2 cm³/mol. The van der Waals surface area contributed by atoms with Crippen LogP contribution in [-0.2, 0) is 13.7 Å². The number of hydrogen-bond donors (Lipinski definition) is 1. The third-order valence-electron chi connectivity index (χ3n) is 2.25. The fourth-order valence-corrected chi connectivity index (χ4v) is 1.41. The lowest BCUT2D eigenvalue weighted by molar-refractivity contribution is 0.278. The largest absolute Gasteiger partial charge is 0.390 e. The molecule has 0 aromatic carbocycles. The SMILES string of the molecule is Cc1nc2c(CO)nccc2n1C.